The highest BCUT2D eigenvalue weighted by Gasteiger charge is 2.07. The molecule has 0 heterocycles. The van der Waals surface area contributed by atoms with Crippen LogP contribution >= 0.6 is 11.8 Å². The number of carbonyl (C=O) groups excluding carboxylic acids is 1. The third-order valence-electron chi connectivity index (χ3n) is 3.19. The van der Waals surface area contributed by atoms with Gasteiger partial charge in [0.15, 0.2) is 5.78 Å². The van der Waals surface area contributed by atoms with Crippen LogP contribution in [0.25, 0.3) is 6.08 Å². The van der Waals surface area contributed by atoms with Gasteiger partial charge in [-0.3, -0.25) is 4.79 Å². The van der Waals surface area contributed by atoms with Crippen LogP contribution in [0.5, 0.6) is 11.5 Å². The summed E-state index contributed by atoms with van der Waals surface area (Å²) < 4.78 is 10.5. The molecule has 0 saturated carbocycles. The van der Waals surface area contributed by atoms with Crippen LogP contribution < -0.4 is 9.47 Å². The van der Waals surface area contributed by atoms with Crippen LogP contribution in [-0.2, 0) is 0 Å². The number of hydrogen-bond acceptors (Lipinski definition) is 4. The number of rotatable bonds is 6. The molecule has 0 atom stereocenters. The lowest BCUT2D eigenvalue weighted by Gasteiger charge is -2.07. The molecule has 0 unspecified atom stereocenters. The molecule has 0 spiro atoms. The van der Waals surface area contributed by atoms with Crippen molar-refractivity contribution in [1.29, 1.82) is 0 Å². The van der Waals surface area contributed by atoms with Gasteiger partial charge in [0.05, 0.1) is 14.2 Å². The Labute approximate surface area is 135 Å². The van der Waals surface area contributed by atoms with Crippen molar-refractivity contribution >= 4 is 23.6 Å². The van der Waals surface area contributed by atoms with E-state index in [9.17, 15) is 4.79 Å². The van der Waals surface area contributed by atoms with Crippen molar-refractivity contribution in [3.8, 4) is 11.5 Å². The second-order valence-electron chi connectivity index (χ2n) is 4.54. The highest BCUT2D eigenvalue weighted by Crippen LogP contribution is 2.28. The molecular formula is C18H18O3S. The predicted molar refractivity (Wildman–Crippen MR) is 91.1 cm³/mol. The first-order valence-electron chi connectivity index (χ1n) is 6.76. The fourth-order valence-corrected chi connectivity index (χ4v) is 2.55. The highest BCUT2D eigenvalue weighted by atomic mass is 32.2. The maximum Gasteiger partial charge on any atom is 0.185 e. The number of methoxy groups -OCH3 is 2. The summed E-state index contributed by atoms with van der Waals surface area (Å²) in [6, 6.07) is 13.0. The van der Waals surface area contributed by atoms with E-state index in [1.54, 1.807) is 44.2 Å². The zero-order valence-electron chi connectivity index (χ0n) is 12.8. The topological polar surface area (TPSA) is 35.5 Å². The Morgan fingerprint density at radius 3 is 2.59 bits per heavy atom. The summed E-state index contributed by atoms with van der Waals surface area (Å²) in [7, 11) is 3.23. The van der Waals surface area contributed by atoms with E-state index in [1.165, 1.54) is 0 Å². The molecule has 2 rings (SSSR count). The van der Waals surface area contributed by atoms with Gasteiger partial charge in [-0.2, -0.15) is 0 Å². The molecule has 4 heteroatoms. The lowest BCUT2D eigenvalue weighted by molar-refractivity contribution is 0.104. The Morgan fingerprint density at radius 2 is 1.91 bits per heavy atom. The molecule has 3 nitrogen and oxygen atoms in total. The summed E-state index contributed by atoms with van der Waals surface area (Å²) in [5.41, 5.74) is 1.52. The Morgan fingerprint density at radius 1 is 1.09 bits per heavy atom. The van der Waals surface area contributed by atoms with Gasteiger partial charge in [0.2, 0.25) is 0 Å². The van der Waals surface area contributed by atoms with Gasteiger partial charge in [0.25, 0.3) is 0 Å². The molecule has 114 valence electrons. The van der Waals surface area contributed by atoms with Gasteiger partial charge < -0.3 is 9.47 Å². The molecule has 0 aliphatic rings. The van der Waals surface area contributed by atoms with Crippen molar-refractivity contribution in [2.75, 3.05) is 20.5 Å². The highest BCUT2D eigenvalue weighted by molar-refractivity contribution is 7.98. The number of thioether (sulfide) groups is 1. The standard InChI is InChI=1S/C18H18O3S/c1-20-15-6-4-5-13(11-15)7-9-16(19)14-8-10-18(22-3)17(12-14)21-2/h4-12H,1-3H3/b9-7+. The average molecular weight is 314 g/mol. The molecular weight excluding hydrogens is 296 g/mol. The summed E-state index contributed by atoms with van der Waals surface area (Å²) in [5, 5.41) is 0. The lowest BCUT2D eigenvalue weighted by atomic mass is 10.1. The van der Waals surface area contributed by atoms with Crippen LogP contribution in [0.2, 0.25) is 0 Å². The summed E-state index contributed by atoms with van der Waals surface area (Å²) >= 11 is 1.59. The SMILES string of the molecule is COc1cccc(/C=C/C(=O)c2ccc(SC)c(OC)c2)c1. The molecule has 2 aromatic carbocycles. The Kier molecular flexibility index (Phi) is 5.67. The minimum atomic E-state index is -0.0613. The van der Waals surface area contributed by atoms with E-state index in [2.05, 4.69) is 0 Å². The van der Waals surface area contributed by atoms with Crippen molar-refractivity contribution < 1.29 is 14.3 Å². The molecule has 22 heavy (non-hydrogen) atoms. The Balaban J connectivity index is 2.19. The van der Waals surface area contributed by atoms with Gasteiger partial charge in [-0.1, -0.05) is 18.2 Å². The van der Waals surface area contributed by atoms with Crippen LogP contribution in [0.4, 0.5) is 0 Å². The smallest absolute Gasteiger partial charge is 0.185 e. The van der Waals surface area contributed by atoms with E-state index in [-0.39, 0.29) is 5.78 Å². The van der Waals surface area contributed by atoms with Gasteiger partial charge in [0, 0.05) is 10.5 Å². The zero-order chi connectivity index (χ0) is 15.9. The predicted octanol–water partition coefficient (Wildman–Crippen LogP) is 4.32. The van der Waals surface area contributed by atoms with Gasteiger partial charge in [0.1, 0.15) is 11.5 Å². The third kappa shape index (κ3) is 3.92. The lowest BCUT2D eigenvalue weighted by Crippen LogP contribution is -1.96. The second-order valence-corrected chi connectivity index (χ2v) is 5.39. The van der Waals surface area contributed by atoms with E-state index in [1.807, 2.05) is 42.7 Å². The molecule has 0 bridgehead atoms. The maximum atomic E-state index is 12.3. The average Bonchev–Trinajstić information content (AvgIpc) is 2.59. The van der Waals surface area contributed by atoms with E-state index in [0.717, 1.165) is 16.2 Å². The first kappa shape index (κ1) is 16.2. The van der Waals surface area contributed by atoms with Crippen molar-refractivity contribution in [1.82, 2.24) is 0 Å². The molecule has 2 aromatic rings. The molecule has 0 N–H and O–H groups in total. The van der Waals surface area contributed by atoms with Crippen LogP contribution in [0.1, 0.15) is 15.9 Å². The van der Waals surface area contributed by atoms with Gasteiger partial charge in [-0.25, -0.2) is 0 Å². The largest absolute Gasteiger partial charge is 0.497 e. The summed E-state index contributed by atoms with van der Waals surface area (Å²) in [4.78, 5) is 13.3. The monoisotopic (exact) mass is 314 g/mol. The Hall–Kier alpha value is -2.20. The quantitative estimate of drug-likeness (QED) is 0.452. The summed E-state index contributed by atoms with van der Waals surface area (Å²) in [5.74, 6) is 1.42. The summed E-state index contributed by atoms with van der Waals surface area (Å²) in [6.45, 7) is 0. The second kappa shape index (κ2) is 7.71. The zero-order valence-corrected chi connectivity index (χ0v) is 13.6. The van der Waals surface area contributed by atoms with Gasteiger partial charge >= 0.3 is 0 Å². The molecule has 0 saturated heterocycles. The van der Waals surface area contributed by atoms with E-state index in [4.69, 9.17) is 9.47 Å². The molecule has 0 aliphatic carbocycles. The maximum absolute atomic E-state index is 12.3. The number of allylic oxidation sites excluding steroid dienone is 1. The Bertz CT molecular complexity index is 692. The number of ketones is 1. The molecule has 0 radical (unpaired) electrons. The molecule has 0 aromatic heterocycles. The molecule has 0 aliphatic heterocycles. The number of benzene rings is 2. The molecule has 0 amide bonds. The number of hydrogen-bond donors (Lipinski definition) is 0. The number of ether oxygens (including phenoxy) is 2. The van der Waals surface area contributed by atoms with Crippen molar-refractivity contribution in [3.63, 3.8) is 0 Å². The molecule has 0 fully saturated rings. The minimum Gasteiger partial charge on any atom is -0.497 e. The van der Waals surface area contributed by atoms with Crippen LogP contribution in [0, 0.1) is 0 Å². The first-order valence-corrected chi connectivity index (χ1v) is 7.99. The van der Waals surface area contributed by atoms with Crippen LogP contribution in [0.15, 0.2) is 53.4 Å². The third-order valence-corrected chi connectivity index (χ3v) is 3.97. The van der Waals surface area contributed by atoms with Crippen LogP contribution in [0.3, 0.4) is 0 Å². The van der Waals surface area contributed by atoms with Gasteiger partial charge in [-0.15, -0.1) is 11.8 Å². The van der Waals surface area contributed by atoms with E-state index in [0.29, 0.717) is 11.3 Å². The van der Waals surface area contributed by atoms with Gasteiger partial charge in [-0.05, 0) is 48.2 Å². The van der Waals surface area contributed by atoms with Crippen molar-refractivity contribution in [3.05, 3.63) is 59.7 Å². The van der Waals surface area contributed by atoms with E-state index < -0.39 is 0 Å². The number of carbonyl (C=O) groups is 1. The normalized spacial score (nSPS) is 10.7. The fraction of sp³-hybridized carbons (Fsp3) is 0.167. The minimum absolute atomic E-state index is 0.0613. The van der Waals surface area contributed by atoms with Crippen LogP contribution in [-0.4, -0.2) is 26.3 Å². The van der Waals surface area contributed by atoms with Crippen molar-refractivity contribution in [2.24, 2.45) is 0 Å². The first-order chi connectivity index (χ1) is 10.7. The van der Waals surface area contributed by atoms with E-state index >= 15 is 0 Å². The summed E-state index contributed by atoms with van der Waals surface area (Å²) in [6.07, 6.45) is 5.31. The van der Waals surface area contributed by atoms with Crippen molar-refractivity contribution in [2.45, 2.75) is 4.90 Å². The fourth-order valence-electron chi connectivity index (χ4n) is 2.00.